The number of hydrogen-bond donors (Lipinski definition) is 4. The van der Waals surface area contributed by atoms with Crippen LogP contribution in [0.5, 0.6) is 5.75 Å². The van der Waals surface area contributed by atoms with Crippen LogP contribution in [0.25, 0.3) is 11.0 Å². The number of benzene rings is 2. The minimum absolute atomic E-state index is 0.0634. The number of nitrogens with zero attached hydrogens (tertiary/aromatic N) is 3. The van der Waals surface area contributed by atoms with Gasteiger partial charge in [-0.1, -0.05) is 18.2 Å². The molecule has 0 radical (unpaired) electrons. The third-order valence-corrected chi connectivity index (χ3v) is 7.49. The van der Waals surface area contributed by atoms with E-state index in [2.05, 4.69) is 26.0 Å². The lowest BCUT2D eigenvalue weighted by atomic mass is 9.96. The van der Waals surface area contributed by atoms with Crippen molar-refractivity contribution < 1.29 is 33.8 Å². The van der Waals surface area contributed by atoms with Crippen LogP contribution in [0.2, 0.25) is 0 Å². The summed E-state index contributed by atoms with van der Waals surface area (Å²) in [5.41, 5.74) is 2.38. The predicted octanol–water partition coefficient (Wildman–Crippen LogP) is 3.36. The van der Waals surface area contributed by atoms with E-state index in [1.54, 1.807) is 27.9 Å². The summed E-state index contributed by atoms with van der Waals surface area (Å²) >= 11 is 0. The van der Waals surface area contributed by atoms with Gasteiger partial charge in [-0.25, -0.2) is 4.79 Å². The Morgan fingerprint density at radius 1 is 1.07 bits per heavy atom. The number of aromatic amines is 1. The molecule has 4 atom stereocenters. The lowest BCUT2D eigenvalue weighted by Gasteiger charge is -2.30. The van der Waals surface area contributed by atoms with Crippen molar-refractivity contribution >= 4 is 34.9 Å². The van der Waals surface area contributed by atoms with Crippen LogP contribution in [-0.4, -0.2) is 80.6 Å². The Morgan fingerprint density at radius 2 is 1.77 bits per heavy atom. The second-order valence-electron chi connectivity index (χ2n) is 12.1. The number of ether oxygens (including phenoxy) is 2. The quantitative estimate of drug-likeness (QED) is 0.254. The zero-order valence-corrected chi connectivity index (χ0v) is 25.6. The molecule has 2 heterocycles. The van der Waals surface area contributed by atoms with Crippen LogP contribution >= 0.6 is 0 Å². The van der Waals surface area contributed by atoms with Crippen molar-refractivity contribution in [2.45, 2.75) is 77.1 Å². The van der Waals surface area contributed by atoms with Gasteiger partial charge >= 0.3 is 12.1 Å². The van der Waals surface area contributed by atoms with Crippen molar-refractivity contribution in [2.24, 2.45) is 5.92 Å². The van der Waals surface area contributed by atoms with Gasteiger partial charge in [-0.3, -0.25) is 14.4 Å². The summed E-state index contributed by atoms with van der Waals surface area (Å²) in [4.78, 5) is 53.2. The predicted molar refractivity (Wildman–Crippen MR) is 161 cm³/mol. The fourth-order valence-corrected chi connectivity index (χ4v) is 5.35. The number of likely N-dealkylation sites (tertiary alicyclic amines) is 1. The third kappa shape index (κ3) is 8.45. The molecule has 44 heavy (non-hydrogen) atoms. The normalized spacial score (nSPS) is 18.0. The molecule has 1 aromatic heterocycles. The average Bonchev–Trinajstić information content (AvgIpc) is 3.61. The Labute approximate surface area is 255 Å². The van der Waals surface area contributed by atoms with Crippen molar-refractivity contribution in [2.75, 3.05) is 13.7 Å². The Bertz CT molecular complexity index is 1480. The number of fused-ring (bicyclic) bond motifs is 1. The number of H-pyrrole nitrogens is 1. The minimum atomic E-state index is -1.19. The van der Waals surface area contributed by atoms with Crippen molar-refractivity contribution in [3.8, 4) is 5.75 Å². The minimum Gasteiger partial charge on any atom is -0.497 e. The third-order valence-electron chi connectivity index (χ3n) is 7.49. The van der Waals surface area contributed by atoms with E-state index in [0.717, 1.165) is 16.9 Å². The molecule has 2 unspecified atom stereocenters. The summed E-state index contributed by atoms with van der Waals surface area (Å²) in [5.74, 6) is -1.34. The number of alkyl carbamates (subject to hydrolysis) is 1. The second kappa shape index (κ2) is 13.7. The monoisotopic (exact) mass is 608 g/mol. The maximum Gasteiger partial charge on any atom is 0.408 e. The molecule has 2 aromatic carbocycles. The Hall–Kier alpha value is -4.68. The van der Waals surface area contributed by atoms with Gasteiger partial charge < -0.3 is 30.1 Å². The van der Waals surface area contributed by atoms with Crippen LogP contribution < -0.4 is 15.4 Å². The molecular formula is C31H40N6O7. The molecule has 0 spiro atoms. The van der Waals surface area contributed by atoms with E-state index in [1.165, 1.54) is 4.90 Å². The number of hydrogen-bond acceptors (Lipinski definition) is 8. The van der Waals surface area contributed by atoms with Gasteiger partial charge in [-0.05, 0) is 88.3 Å². The zero-order valence-electron chi connectivity index (χ0n) is 25.6. The molecule has 4 N–H and O–H groups in total. The number of rotatable bonds is 11. The Morgan fingerprint density at radius 3 is 2.43 bits per heavy atom. The SMILES string of the molecule is COc1ccc(C[C@@H]2C[C@@H](C(=O)NC(C)c3ccc4n[nH]nc4c3)N(C(=O)C(CCC(=O)O)NC(=O)OC(C)(C)C)C2)cc1. The van der Waals surface area contributed by atoms with E-state index in [-0.39, 0.29) is 31.2 Å². The lowest BCUT2D eigenvalue weighted by Crippen LogP contribution is -2.54. The van der Waals surface area contributed by atoms with Gasteiger partial charge in [0.05, 0.1) is 13.2 Å². The summed E-state index contributed by atoms with van der Waals surface area (Å²) in [6, 6.07) is 10.7. The number of nitrogens with one attached hydrogen (secondary N) is 3. The highest BCUT2D eigenvalue weighted by atomic mass is 16.6. The highest BCUT2D eigenvalue weighted by Crippen LogP contribution is 2.29. The molecule has 3 amide bonds. The van der Waals surface area contributed by atoms with Crippen LogP contribution in [0, 0.1) is 5.92 Å². The van der Waals surface area contributed by atoms with Crippen molar-refractivity contribution in [1.82, 2.24) is 30.9 Å². The fraction of sp³-hybridized carbons (Fsp3) is 0.484. The molecule has 1 aliphatic rings. The number of amides is 3. The number of aromatic nitrogens is 3. The van der Waals surface area contributed by atoms with Gasteiger partial charge in [0.25, 0.3) is 0 Å². The highest BCUT2D eigenvalue weighted by Gasteiger charge is 2.42. The standard InChI is InChI=1S/C31H40N6O7/c1-18(21-8-11-23-25(16-21)35-36-34-23)32-28(40)26-15-20(14-19-6-9-22(43-5)10-7-19)17-37(26)29(41)24(12-13-27(38)39)33-30(42)44-31(2,3)4/h6-11,16,18,20,24,26H,12-15,17H2,1-5H3,(H,32,40)(H,33,42)(H,38,39)(H,34,35,36)/t18?,20-,24?,26+/m1/s1. The number of carbonyl (C=O) groups excluding carboxylic acids is 3. The van der Waals surface area contributed by atoms with Gasteiger partial charge in [0.1, 0.15) is 34.5 Å². The molecule has 0 bridgehead atoms. The van der Waals surface area contributed by atoms with Crippen LogP contribution in [0.15, 0.2) is 42.5 Å². The van der Waals surface area contributed by atoms with Gasteiger partial charge in [-0.15, -0.1) is 0 Å². The van der Waals surface area contributed by atoms with Crippen LogP contribution in [-0.2, 0) is 25.5 Å². The van der Waals surface area contributed by atoms with Gasteiger partial charge in [0, 0.05) is 13.0 Å². The molecular weight excluding hydrogens is 568 g/mol. The van der Waals surface area contributed by atoms with Crippen molar-refractivity contribution in [3.63, 3.8) is 0 Å². The molecule has 0 saturated carbocycles. The summed E-state index contributed by atoms with van der Waals surface area (Å²) in [6.07, 6.45) is -0.358. The van der Waals surface area contributed by atoms with Crippen LogP contribution in [0.4, 0.5) is 4.79 Å². The molecule has 1 fully saturated rings. The topological polar surface area (TPSA) is 176 Å². The molecule has 236 valence electrons. The first-order valence-corrected chi connectivity index (χ1v) is 14.6. The number of carboxylic acid groups (broad SMARTS) is 1. The highest BCUT2D eigenvalue weighted by molar-refractivity contribution is 5.92. The van der Waals surface area contributed by atoms with Crippen LogP contribution in [0.3, 0.4) is 0 Å². The molecule has 0 aliphatic carbocycles. The number of carbonyl (C=O) groups is 4. The summed E-state index contributed by atoms with van der Waals surface area (Å²) in [7, 11) is 1.59. The maximum atomic E-state index is 14.0. The van der Waals surface area contributed by atoms with Crippen LogP contribution in [0.1, 0.15) is 64.1 Å². The zero-order chi connectivity index (χ0) is 32.0. The summed E-state index contributed by atoms with van der Waals surface area (Å²) in [5, 5.41) is 25.6. The summed E-state index contributed by atoms with van der Waals surface area (Å²) in [6.45, 7) is 7.16. The molecule has 1 aliphatic heterocycles. The van der Waals surface area contributed by atoms with Gasteiger partial charge in [-0.2, -0.15) is 15.4 Å². The smallest absolute Gasteiger partial charge is 0.408 e. The van der Waals surface area contributed by atoms with E-state index >= 15 is 0 Å². The number of carboxylic acids is 1. The molecule has 3 aromatic rings. The van der Waals surface area contributed by atoms with Crippen molar-refractivity contribution in [3.05, 3.63) is 53.6 Å². The molecule has 1 saturated heterocycles. The second-order valence-corrected chi connectivity index (χ2v) is 12.1. The lowest BCUT2D eigenvalue weighted by molar-refractivity contribution is -0.141. The first-order chi connectivity index (χ1) is 20.8. The van der Waals surface area contributed by atoms with Crippen molar-refractivity contribution in [1.29, 1.82) is 0 Å². The van der Waals surface area contributed by atoms with E-state index < -0.39 is 41.7 Å². The van der Waals surface area contributed by atoms with E-state index in [0.29, 0.717) is 23.9 Å². The van der Waals surface area contributed by atoms with Gasteiger partial charge in [0.15, 0.2) is 0 Å². The summed E-state index contributed by atoms with van der Waals surface area (Å²) < 4.78 is 10.6. The fourth-order valence-electron chi connectivity index (χ4n) is 5.35. The average molecular weight is 609 g/mol. The van der Waals surface area contributed by atoms with E-state index in [4.69, 9.17) is 9.47 Å². The van der Waals surface area contributed by atoms with E-state index in [9.17, 15) is 24.3 Å². The van der Waals surface area contributed by atoms with Gasteiger partial charge in [0.2, 0.25) is 11.8 Å². The number of aliphatic carboxylic acids is 1. The molecule has 4 rings (SSSR count). The maximum absolute atomic E-state index is 14.0. The first-order valence-electron chi connectivity index (χ1n) is 14.6. The number of methoxy groups -OCH3 is 1. The largest absolute Gasteiger partial charge is 0.497 e. The van der Waals surface area contributed by atoms with E-state index in [1.807, 2.05) is 49.4 Å². The first kappa shape index (κ1) is 32.2. The molecule has 13 nitrogen and oxygen atoms in total. The molecule has 13 heteroatoms. The Kier molecular flexibility index (Phi) is 10.1. The Balaban J connectivity index is 1.56.